The smallest absolute Gasteiger partial charge is 0.220 e. The van der Waals surface area contributed by atoms with Gasteiger partial charge in [-0.25, -0.2) is 0 Å². The Morgan fingerprint density at radius 1 is 0.791 bits per heavy atom. The van der Waals surface area contributed by atoms with Gasteiger partial charge in [0.2, 0.25) is 5.91 Å². The summed E-state index contributed by atoms with van der Waals surface area (Å²) >= 11 is 0. The molecule has 0 heterocycles. The van der Waals surface area contributed by atoms with Crippen LogP contribution >= 0.6 is 0 Å². The fraction of sp³-hybridized carbons (Fsp3) is 0.421. The Hall–Kier alpha value is -3.70. The summed E-state index contributed by atoms with van der Waals surface area (Å²) in [5, 5.41) is 6.14. The number of rotatable bonds is 18. The van der Waals surface area contributed by atoms with E-state index in [4.69, 9.17) is 5.73 Å². The Kier molecular flexibility index (Phi) is 17.4. The molecule has 1 unspecified atom stereocenters. The maximum atomic E-state index is 12.1. The summed E-state index contributed by atoms with van der Waals surface area (Å²) < 4.78 is 0. The number of hydrogen-bond donors (Lipinski definition) is 3. The van der Waals surface area contributed by atoms with Crippen molar-refractivity contribution in [1.29, 1.82) is 0 Å². The Balaban J connectivity index is 0.000000413. The molecule has 0 aliphatic rings. The van der Waals surface area contributed by atoms with Gasteiger partial charge in [-0.3, -0.25) is 9.59 Å². The van der Waals surface area contributed by atoms with Crippen molar-refractivity contribution in [2.24, 2.45) is 5.73 Å². The van der Waals surface area contributed by atoms with Gasteiger partial charge in [0.1, 0.15) is 0 Å². The number of amides is 1. The summed E-state index contributed by atoms with van der Waals surface area (Å²) in [5.74, 6) is 0.0760. The number of nitrogens with one attached hydrogen (secondary N) is 2. The van der Waals surface area contributed by atoms with E-state index in [1.807, 2.05) is 30.3 Å². The van der Waals surface area contributed by atoms with Crippen LogP contribution in [0.5, 0.6) is 0 Å². The Bertz CT molecular complexity index is 1220. The van der Waals surface area contributed by atoms with Crippen molar-refractivity contribution >= 4 is 17.4 Å². The average molecular weight is 584 g/mol. The molecule has 0 bridgehead atoms. The molecule has 5 nitrogen and oxygen atoms in total. The lowest BCUT2D eigenvalue weighted by Crippen LogP contribution is -2.39. The minimum atomic E-state index is -0.307. The van der Waals surface area contributed by atoms with E-state index in [0.29, 0.717) is 13.0 Å². The van der Waals surface area contributed by atoms with Crippen LogP contribution < -0.4 is 16.4 Å². The number of nitrogens with two attached hydrogens (primary N) is 1. The van der Waals surface area contributed by atoms with E-state index in [2.05, 4.69) is 79.6 Å². The van der Waals surface area contributed by atoms with Gasteiger partial charge in [-0.2, -0.15) is 0 Å². The molecule has 0 saturated heterocycles. The van der Waals surface area contributed by atoms with Gasteiger partial charge < -0.3 is 16.4 Å². The first-order valence-corrected chi connectivity index (χ1v) is 16.0. The van der Waals surface area contributed by atoms with Crippen LogP contribution in [-0.4, -0.2) is 17.7 Å². The summed E-state index contributed by atoms with van der Waals surface area (Å²) in [7, 11) is 0. The Morgan fingerprint density at radius 2 is 1.47 bits per heavy atom. The van der Waals surface area contributed by atoms with Crippen LogP contribution in [-0.2, 0) is 29.0 Å². The first-order chi connectivity index (χ1) is 20.8. The predicted octanol–water partition coefficient (Wildman–Crippen LogP) is 8.52. The molecular formula is C38H53N3O2. The molecule has 1 atom stereocenters. The van der Waals surface area contributed by atoms with Crippen molar-refractivity contribution in [2.75, 3.05) is 5.32 Å². The quantitative estimate of drug-likeness (QED) is 0.131. The van der Waals surface area contributed by atoms with Gasteiger partial charge in [0.15, 0.2) is 5.78 Å². The van der Waals surface area contributed by atoms with Gasteiger partial charge >= 0.3 is 0 Å². The fourth-order valence-corrected chi connectivity index (χ4v) is 4.76. The molecule has 1 amide bonds. The number of carbonyl (C=O) groups excluding carboxylic acids is 2. The van der Waals surface area contributed by atoms with Gasteiger partial charge in [0.05, 0.1) is 6.04 Å². The monoisotopic (exact) mass is 583 g/mol. The van der Waals surface area contributed by atoms with Crippen molar-refractivity contribution in [3.05, 3.63) is 113 Å². The highest BCUT2D eigenvalue weighted by Crippen LogP contribution is 2.14. The van der Waals surface area contributed by atoms with Crippen LogP contribution in [0.25, 0.3) is 0 Å². The van der Waals surface area contributed by atoms with E-state index in [9.17, 15) is 9.59 Å². The van der Waals surface area contributed by atoms with Gasteiger partial charge in [-0.15, -0.1) is 0 Å². The zero-order chi connectivity index (χ0) is 31.3. The second-order valence-corrected chi connectivity index (χ2v) is 11.3. The molecule has 5 heteroatoms. The molecule has 43 heavy (non-hydrogen) atoms. The number of carbonyl (C=O) groups is 2. The van der Waals surface area contributed by atoms with Crippen molar-refractivity contribution in [2.45, 2.75) is 104 Å². The van der Waals surface area contributed by atoms with E-state index in [-0.39, 0.29) is 17.7 Å². The minimum absolute atomic E-state index is 0.0111. The highest BCUT2D eigenvalue weighted by atomic mass is 16.2. The van der Waals surface area contributed by atoms with Crippen LogP contribution in [0.1, 0.15) is 101 Å². The third-order valence-electron chi connectivity index (χ3n) is 7.48. The second-order valence-electron chi connectivity index (χ2n) is 11.3. The lowest BCUT2D eigenvalue weighted by molar-refractivity contribution is -0.127. The topological polar surface area (TPSA) is 84.2 Å². The summed E-state index contributed by atoms with van der Waals surface area (Å²) in [6.45, 7) is 10.2. The minimum Gasteiger partial charge on any atom is -0.359 e. The molecule has 0 aromatic heterocycles. The molecule has 0 spiro atoms. The third kappa shape index (κ3) is 15.4. The number of aryl methyl sites for hydroxylation is 1. The summed E-state index contributed by atoms with van der Waals surface area (Å²) in [4.78, 5) is 23.9. The Labute approximate surface area is 260 Å². The first-order valence-electron chi connectivity index (χ1n) is 16.0. The summed E-state index contributed by atoms with van der Waals surface area (Å²) in [5.41, 5.74) is 12.8. The normalized spacial score (nSPS) is 11.2. The molecule has 232 valence electrons. The molecule has 0 aliphatic carbocycles. The maximum Gasteiger partial charge on any atom is 0.220 e. The SMILES string of the molecule is C=C(CC)Nc1cccc(CN)c1.CCCCCC(NC(=O)CCCCCc1ccc(Cc2ccccc2)cc1)C(C)=O. The molecule has 3 aromatic carbocycles. The van der Waals surface area contributed by atoms with Crippen LogP contribution in [0, 0.1) is 0 Å². The molecule has 0 radical (unpaired) electrons. The molecule has 4 N–H and O–H groups in total. The molecular weight excluding hydrogens is 530 g/mol. The van der Waals surface area contributed by atoms with Crippen LogP contribution in [0.15, 0.2) is 91.1 Å². The maximum absolute atomic E-state index is 12.1. The molecule has 0 saturated carbocycles. The van der Waals surface area contributed by atoms with E-state index < -0.39 is 0 Å². The number of hydrogen-bond acceptors (Lipinski definition) is 4. The van der Waals surface area contributed by atoms with Crippen LogP contribution in [0.2, 0.25) is 0 Å². The number of allylic oxidation sites excluding steroid dienone is 1. The standard InChI is InChI=1S/C27H37NO2.C11H16N2/c1-3-4-7-15-26(22(2)29)28-27(30)16-11-6-8-12-23-17-19-25(20-18-23)21-24-13-9-5-10-14-24;1-3-9(2)13-11-6-4-5-10(7-11)8-12/h5,9-10,13-14,17-20,26H,3-4,6-8,11-12,15-16,21H2,1-2H3,(H,28,30);4-7,13H,2-3,8,12H2,1H3. The average Bonchev–Trinajstić information content (AvgIpc) is 3.02. The number of ketones is 1. The molecule has 0 aliphatic heterocycles. The zero-order valence-electron chi connectivity index (χ0n) is 26.7. The number of unbranched alkanes of at least 4 members (excludes halogenated alkanes) is 4. The Morgan fingerprint density at radius 3 is 2.12 bits per heavy atom. The number of Topliss-reactive ketones (excluding diaryl/α,β-unsaturated/α-hetero) is 1. The lowest BCUT2D eigenvalue weighted by Gasteiger charge is -2.15. The third-order valence-corrected chi connectivity index (χ3v) is 7.48. The second kappa shape index (κ2) is 21.1. The molecule has 3 aromatic rings. The van der Waals surface area contributed by atoms with Crippen molar-refractivity contribution in [3.8, 4) is 0 Å². The number of benzene rings is 3. The van der Waals surface area contributed by atoms with Crippen LogP contribution in [0.4, 0.5) is 5.69 Å². The summed E-state index contributed by atoms with van der Waals surface area (Å²) in [6, 6.07) is 27.2. The van der Waals surface area contributed by atoms with Crippen LogP contribution in [0.3, 0.4) is 0 Å². The molecule has 3 rings (SSSR count). The van der Waals surface area contributed by atoms with Crippen molar-refractivity contribution in [3.63, 3.8) is 0 Å². The van der Waals surface area contributed by atoms with Gasteiger partial charge in [0.25, 0.3) is 0 Å². The lowest BCUT2D eigenvalue weighted by atomic mass is 10.0. The van der Waals surface area contributed by atoms with E-state index in [1.54, 1.807) is 6.92 Å². The largest absolute Gasteiger partial charge is 0.359 e. The van der Waals surface area contributed by atoms with Gasteiger partial charge in [-0.1, -0.05) is 113 Å². The van der Waals surface area contributed by atoms with E-state index >= 15 is 0 Å². The summed E-state index contributed by atoms with van der Waals surface area (Å²) in [6.07, 6.45) is 10.4. The van der Waals surface area contributed by atoms with Crippen molar-refractivity contribution in [1.82, 2.24) is 5.32 Å². The van der Waals surface area contributed by atoms with Gasteiger partial charge in [-0.05, 0) is 79.8 Å². The van der Waals surface area contributed by atoms with Crippen molar-refractivity contribution < 1.29 is 9.59 Å². The fourth-order valence-electron chi connectivity index (χ4n) is 4.76. The highest BCUT2D eigenvalue weighted by Gasteiger charge is 2.16. The number of anilines is 1. The van der Waals surface area contributed by atoms with E-state index in [1.165, 1.54) is 16.7 Å². The predicted molar refractivity (Wildman–Crippen MR) is 182 cm³/mol. The van der Waals surface area contributed by atoms with Gasteiger partial charge in [0, 0.05) is 24.4 Å². The first kappa shape index (κ1) is 35.5. The van der Waals surface area contributed by atoms with E-state index in [0.717, 1.165) is 81.2 Å². The highest BCUT2D eigenvalue weighted by molar-refractivity contribution is 5.87. The molecule has 0 fully saturated rings. The zero-order valence-corrected chi connectivity index (χ0v) is 26.7.